The number of carbonyl (C=O) groups is 2. The largest absolute Gasteiger partial charge is 0.469 e. The Morgan fingerprint density at radius 1 is 0.729 bits per heavy atom. The van der Waals surface area contributed by atoms with Crippen molar-refractivity contribution in [1.29, 1.82) is 0 Å². The molecule has 48 heavy (non-hydrogen) atoms. The predicted molar refractivity (Wildman–Crippen MR) is 192 cm³/mol. The van der Waals surface area contributed by atoms with Gasteiger partial charge in [-0.1, -0.05) is 128 Å². The zero-order valence-electron chi connectivity index (χ0n) is 30.2. The van der Waals surface area contributed by atoms with Crippen molar-refractivity contribution < 1.29 is 42.7 Å². The van der Waals surface area contributed by atoms with E-state index in [-0.39, 0.29) is 31.7 Å². The lowest BCUT2D eigenvalue weighted by Crippen LogP contribution is -2.29. The minimum absolute atomic E-state index is 0.183. The van der Waals surface area contributed by atoms with Crippen LogP contribution in [0.3, 0.4) is 0 Å². The van der Waals surface area contributed by atoms with Crippen molar-refractivity contribution in [3.05, 3.63) is 36.5 Å². The fourth-order valence-corrected chi connectivity index (χ4v) is 5.62. The lowest BCUT2D eigenvalue weighted by atomic mass is 9.99. The highest BCUT2D eigenvalue weighted by molar-refractivity contribution is 7.46. The summed E-state index contributed by atoms with van der Waals surface area (Å²) >= 11 is 0. The second-order valence-corrected chi connectivity index (χ2v) is 14.4. The maximum absolute atomic E-state index is 12.3. The third kappa shape index (κ3) is 28.1. The van der Waals surface area contributed by atoms with Crippen molar-refractivity contribution in [2.24, 2.45) is 5.92 Å². The first-order valence-electron chi connectivity index (χ1n) is 18.8. The van der Waals surface area contributed by atoms with E-state index in [1.807, 2.05) is 6.08 Å². The number of phosphoric ester groups is 1. The average Bonchev–Trinajstić information content (AvgIpc) is 3.81. The average molecular weight is 699 g/mol. The number of carbonyl (C=O) groups excluding carboxylic acids is 2. The summed E-state index contributed by atoms with van der Waals surface area (Å²) in [5, 5.41) is 0. The number of ether oxygens (including phenoxy) is 3. The minimum Gasteiger partial charge on any atom is -0.462 e. The maximum Gasteiger partial charge on any atom is 0.469 e. The molecule has 10 heteroatoms. The van der Waals surface area contributed by atoms with Gasteiger partial charge in [-0.25, -0.2) is 4.57 Å². The molecule has 278 valence electrons. The number of allylic oxidation sites excluding steroid dienone is 4. The van der Waals surface area contributed by atoms with Crippen LogP contribution in [-0.2, 0) is 32.9 Å². The molecule has 2 N–H and O–H groups in total. The van der Waals surface area contributed by atoms with Crippen molar-refractivity contribution in [1.82, 2.24) is 0 Å². The molecule has 1 aliphatic heterocycles. The van der Waals surface area contributed by atoms with Gasteiger partial charge in [-0.15, -0.1) is 0 Å². The van der Waals surface area contributed by atoms with Gasteiger partial charge >= 0.3 is 19.8 Å². The Bertz CT molecular complexity index is 958. The first-order chi connectivity index (χ1) is 23.1. The summed E-state index contributed by atoms with van der Waals surface area (Å²) in [4.78, 5) is 42.7. The molecule has 0 saturated carbocycles. The molecule has 0 aliphatic carbocycles. The molecule has 9 nitrogen and oxygen atoms in total. The molecule has 1 saturated heterocycles. The van der Waals surface area contributed by atoms with Crippen LogP contribution in [0.5, 0.6) is 0 Å². The third-order valence-corrected chi connectivity index (χ3v) is 9.09. The first kappa shape index (κ1) is 44.3. The molecule has 1 fully saturated rings. The Morgan fingerprint density at radius 2 is 1.31 bits per heavy atom. The quantitative estimate of drug-likeness (QED) is 0.0232. The number of rotatable bonds is 32. The van der Waals surface area contributed by atoms with Gasteiger partial charge in [0.2, 0.25) is 0 Å². The van der Waals surface area contributed by atoms with Crippen molar-refractivity contribution in [3.63, 3.8) is 0 Å². The summed E-state index contributed by atoms with van der Waals surface area (Å²) in [6.07, 6.45) is 33.3. The van der Waals surface area contributed by atoms with Crippen molar-refractivity contribution in [2.75, 3.05) is 13.2 Å². The maximum atomic E-state index is 12.3. The van der Waals surface area contributed by atoms with E-state index in [4.69, 9.17) is 24.0 Å². The van der Waals surface area contributed by atoms with Crippen LogP contribution in [0, 0.1) is 5.92 Å². The molecule has 0 spiro atoms. The van der Waals surface area contributed by atoms with E-state index in [1.165, 1.54) is 57.8 Å². The summed E-state index contributed by atoms with van der Waals surface area (Å²) in [7, 11) is -4.77. The molecule has 1 rings (SSSR count). The second-order valence-electron chi connectivity index (χ2n) is 13.2. The molecule has 3 unspecified atom stereocenters. The lowest BCUT2D eigenvalue weighted by molar-refractivity contribution is -0.161. The van der Waals surface area contributed by atoms with E-state index in [0.717, 1.165) is 57.3 Å². The molecule has 1 aliphatic rings. The van der Waals surface area contributed by atoms with E-state index in [1.54, 1.807) is 0 Å². The zero-order valence-corrected chi connectivity index (χ0v) is 31.1. The van der Waals surface area contributed by atoms with Gasteiger partial charge in [-0.05, 0) is 57.3 Å². The van der Waals surface area contributed by atoms with Gasteiger partial charge in [0.25, 0.3) is 0 Å². The Kier molecular flexibility index (Phi) is 26.7. The van der Waals surface area contributed by atoms with Crippen molar-refractivity contribution in [2.45, 2.75) is 174 Å². The molecular weight excluding hydrogens is 631 g/mol. The van der Waals surface area contributed by atoms with Gasteiger partial charge in [-0.3, -0.25) is 14.1 Å². The van der Waals surface area contributed by atoms with Gasteiger partial charge < -0.3 is 24.0 Å². The van der Waals surface area contributed by atoms with Crippen LogP contribution < -0.4 is 0 Å². The monoisotopic (exact) mass is 698 g/mol. The van der Waals surface area contributed by atoms with E-state index in [9.17, 15) is 14.2 Å². The molecule has 0 bridgehead atoms. The van der Waals surface area contributed by atoms with Crippen molar-refractivity contribution >= 4 is 19.8 Å². The Labute approximate surface area is 291 Å². The number of esters is 2. The standard InChI is InChI=1S/C38H67O9P/c1-4-6-7-8-9-10-14-17-22-27-35-36(47-35)28-23-19-20-24-29-37(39)44-31-34(32-45-48(41,42)43)46-38(40)30-25-18-15-12-11-13-16-21-26-33(3)5-2/h9-10,17,19,22-23,33-36H,4-8,11-16,18,20-21,24-32H2,1-3H3,(H2,41,42,43)/b10-9-,22-17-,23-19-/t33?,34-,35?,36?/m1/s1. The molecular formula is C38H67O9P. The fraction of sp³-hybridized carbons (Fsp3) is 0.789. The van der Waals surface area contributed by atoms with Crippen LogP contribution in [0.2, 0.25) is 0 Å². The molecule has 1 heterocycles. The van der Waals surface area contributed by atoms with E-state index < -0.39 is 32.5 Å². The first-order valence-corrected chi connectivity index (χ1v) is 20.3. The van der Waals surface area contributed by atoms with E-state index in [2.05, 4.69) is 55.7 Å². The minimum atomic E-state index is -4.77. The van der Waals surface area contributed by atoms with Gasteiger partial charge in [0, 0.05) is 12.8 Å². The summed E-state index contributed by atoms with van der Waals surface area (Å²) in [5.41, 5.74) is 0. The topological polar surface area (TPSA) is 132 Å². The van der Waals surface area contributed by atoms with Gasteiger partial charge in [0.05, 0.1) is 18.8 Å². The Morgan fingerprint density at radius 3 is 1.98 bits per heavy atom. The van der Waals surface area contributed by atoms with Crippen LogP contribution in [-0.4, -0.2) is 53.3 Å². The summed E-state index contributed by atoms with van der Waals surface area (Å²) in [5.74, 6) is -0.146. The summed E-state index contributed by atoms with van der Waals surface area (Å²) in [6, 6.07) is 0. The normalized spacial score (nSPS) is 17.8. The smallest absolute Gasteiger partial charge is 0.462 e. The molecule has 4 atom stereocenters. The van der Waals surface area contributed by atoms with Crippen molar-refractivity contribution in [3.8, 4) is 0 Å². The number of epoxide rings is 1. The van der Waals surface area contributed by atoms with Gasteiger partial charge in [0.15, 0.2) is 6.10 Å². The highest BCUT2D eigenvalue weighted by atomic mass is 31.2. The fourth-order valence-electron chi connectivity index (χ4n) is 5.26. The van der Waals surface area contributed by atoms with Crippen LogP contribution in [0.1, 0.15) is 156 Å². The van der Waals surface area contributed by atoms with Gasteiger partial charge in [0.1, 0.15) is 6.61 Å². The predicted octanol–water partition coefficient (Wildman–Crippen LogP) is 9.85. The van der Waals surface area contributed by atoms with Gasteiger partial charge in [-0.2, -0.15) is 0 Å². The van der Waals surface area contributed by atoms with Crippen LogP contribution in [0.15, 0.2) is 36.5 Å². The molecule has 0 aromatic rings. The number of unbranched alkanes of at least 4 members (excludes halogenated alkanes) is 11. The lowest BCUT2D eigenvalue weighted by Gasteiger charge is -2.18. The second kappa shape index (κ2) is 29.0. The molecule has 0 aromatic heterocycles. The van der Waals surface area contributed by atoms with E-state index in [0.29, 0.717) is 12.8 Å². The zero-order chi connectivity index (χ0) is 35.3. The molecule has 0 aromatic carbocycles. The summed E-state index contributed by atoms with van der Waals surface area (Å²) in [6.45, 7) is 5.89. The summed E-state index contributed by atoms with van der Waals surface area (Å²) < 4.78 is 32.0. The SMILES string of the molecule is CCCCC/C=C\C/C=C\CC1OC1C/C=C\CCCC(=O)OC[C@H](COP(=O)(O)O)OC(=O)CCCCCCCCCCC(C)CC. The Balaban J connectivity index is 2.16. The highest BCUT2D eigenvalue weighted by Gasteiger charge is 2.36. The van der Waals surface area contributed by atoms with Crippen LogP contribution >= 0.6 is 7.82 Å². The molecule has 0 radical (unpaired) electrons. The molecule has 0 amide bonds. The highest BCUT2D eigenvalue weighted by Crippen LogP contribution is 2.36. The third-order valence-electron chi connectivity index (χ3n) is 8.60. The Hall–Kier alpha value is -1.77. The van der Waals surface area contributed by atoms with E-state index >= 15 is 0 Å². The van der Waals surface area contributed by atoms with Crippen LogP contribution in [0.4, 0.5) is 0 Å². The van der Waals surface area contributed by atoms with Crippen LogP contribution in [0.25, 0.3) is 0 Å². The number of hydrogen-bond acceptors (Lipinski definition) is 7. The number of hydrogen-bond donors (Lipinski definition) is 2. The number of phosphoric acid groups is 1.